The predicted octanol–water partition coefficient (Wildman–Crippen LogP) is 3.90. The van der Waals surface area contributed by atoms with Gasteiger partial charge < -0.3 is 20.0 Å². The first-order valence-electron chi connectivity index (χ1n) is 7.49. The van der Waals surface area contributed by atoms with E-state index in [2.05, 4.69) is 26.4 Å². The molecule has 0 aliphatic rings. The number of hydrogen-bond donors (Lipinski definition) is 2. The van der Waals surface area contributed by atoms with Crippen LogP contribution in [-0.4, -0.2) is 31.0 Å². The molecular weight excluding hydrogens is 388 g/mol. The summed E-state index contributed by atoms with van der Waals surface area (Å²) in [6, 6.07) is 9.18. The molecule has 6 nitrogen and oxygen atoms in total. The van der Waals surface area contributed by atoms with Crippen molar-refractivity contribution in [2.45, 2.75) is 13.8 Å². The van der Waals surface area contributed by atoms with Gasteiger partial charge in [-0.3, -0.25) is 4.79 Å². The van der Waals surface area contributed by atoms with Gasteiger partial charge in [0, 0.05) is 11.3 Å². The van der Waals surface area contributed by atoms with Gasteiger partial charge in [-0.2, -0.15) is 0 Å². The average molecular weight is 407 g/mol. The van der Waals surface area contributed by atoms with E-state index >= 15 is 0 Å². The van der Waals surface area contributed by atoms with Crippen LogP contribution in [0.4, 0.5) is 5.69 Å². The third-order valence-electron chi connectivity index (χ3n) is 3.47. The van der Waals surface area contributed by atoms with Gasteiger partial charge in [0.2, 0.25) is 0 Å². The number of carbonyl (C=O) groups is 1. The molecule has 25 heavy (non-hydrogen) atoms. The number of hydrogen-bond acceptors (Lipinski definition) is 5. The van der Waals surface area contributed by atoms with Crippen molar-refractivity contribution < 1.29 is 19.5 Å². The highest BCUT2D eigenvalue weighted by Gasteiger charge is 2.14. The standard InChI is InChI=1S/C18H19BrN2O4/c1-11-4-5-12(2)15(6-11)21-17(22)10-25-18-14(19)7-13(9-20-23)8-16(18)24-3/h4-9,23H,10H2,1-3H3,(H,21,22)/b20-9+. The van der Waals surface area contributed by atoms with Crippen LogP contribution in [0, 0.1) is 13.8 Å². The zero-order valence-corrected chi connectivity index (χ0v) is 15.8. The molecule has 0 saturated carbocycles. The molecule has 0 atom stereocenters. The van der Waals surface area contributed by atoms with Gasteiger partial charge in [0.15, 0.2) is 18.1 Å². The Morgan fingerprint density at radius 3 is 2.76 bits per heavy atom. The van der Waals surface area contributed by atoms with Crippen LogP contribution >= 0.6 is 15.9 Å². The van der Waals surface area contributed by atoms with E-state index in [1.165, 1.54) is 13.3 Å². The molecule has 0 fully saturated rings. The van der Waals surface area contributed by atoms with E-state index in [0.29, 0.717) is 21.5 Å². The van der Waals surface area contributed by atoms with Crippen molar-refractivity contribution >= 4 is 33.7 Å². The first-order chi connectivity index (χ1) is 11.9. The van der Waals surface area contributed by atoms with Crippen molar-refractivity contribution in [2.24, 2.45) is 5.16 Å². The number of benzene rings is 2. The van der Waals surface area contributed by atoms with E-state index in [1.807, 2.05) is 32.0 Å². The van der Waals surface area contributed by atoms with Gasteiger partial charge in [-0.25, -0.2) is 0 Å². The van der Waals surface area contributed by atoms with Crippen molar-refractivity contribution in [3.05, 3.63) is 51.5 Å². The Hall–Kier alpha value is -2.54. The number of nitrogens with zero attached hydrogens (tertiary/aromatic N) is 1. The van der Waals surface area contributed by atoms with Crippen molar-refractivity contribution in [3.63, 3.8) is 0 Å². The van der Waals surface area contributed by atoms with Gasteiger partial charge in [-0.05, 0) is 59.1 Å². The summed E-state index contributed by atoms with van der Waals surface area (Å²) in [6.07, 6.45) is 1.27. The summed E-state index contributed by atoms with van der Waals surface area (Å²) < 4.78 is 11.5. The third-order valence-corrected chi connectivity index (χ3v) is 4.06. The second-order valence-electron chi connectivity index (χ2n) is 5.43. The maximum absolute atomic E-state index is 12.2. The fourth-order valence-corrected chi connectivity index (χ4v) is 2.79. The molecule has 132 valence electrons. The predicted molar refractivity (Wildman–Crippen MR) is 100 cm³/mol. The number of methoxy groups -OCH3 is 1. The molecule has 2 N–H and O–H groups in total. The molecule has 7 heteroatoms. The maximum Gasteiger partial charge on any atom is 0.262 e. The lowest BCUT2D eigenvalue weighted by Gasteiger charge is -2.14. The summed E-state index contributed by atoms with van der Waals surface area (Å²) >= 11 is 3.37. The third kappa shape index (κ3) is 4.96. The molecule has 0 heterocycles. The smallest absolute Gasteiger partial charge is 0.262 e. The first-order valence-corrected chi connectivity index (χ1v) is 8.28. The van der Waals surface area contributed by atoms with Gasteiger partial charge in [0.05, 0.1) is 17.8 Å². The Morgan fingerprint density at radius 2 is 2.08 bits per heavy atom. The molecular formula is C18H19BrN2O4. The topological polar surface area (TPSA) is 80.2 Å². The number of carbonyl (C=O) groups excluding carboxylic acids is 1. The lowest BCUT2D eigenvalue weighted by atomic mass is 10.1. The number of anilines is 1. The summed E-state index contributed by atoms with van der Waals surface area (Å²) in [5.74, 6) is 0.543. The SMILES string of the molecule is COc1cc(/C=N/O)cc(Br)c1OCC(=O)Nc1cc(C)ccc1C. The number of amides is 1. The minimum absolute atomic E-state index is 0.171. The molecule has 0 saturated heterocycles. The molecule has 2 aromatic carbocycles. The highest BCUT2D eigenvalue weighted by Crippen LogP contribution is 2.36. The maximum atomic E-state index is 12.2. The molecule has 0 aliphatic carbocycles. The molecule has 0 aromatic heterocycles. The number of rotatable bonds is 6. The summed E-state index contributed by atoms with van der Waals surface area (Å²) in [6.45, 7) is 3.72. The van der Waals surface area contributed by atoms with Crippen LogP contribution in [-0.2, 0) is 4.79 Å². The van der Waals surface area contributed by atoms with Gasteiger partial charge >= 0.3 is 0 Å². The summed E-state index contributed by atoms with van der Waals surface area (Å²) in [5.41, 5.74) is 3.42. The van der Waals surface area contributed by atoms with Crippen LogP contribution in [0.25, 0.3) is 0 Å². The molecule has 0 unspecified atom stereocenters. The fraction of sp³-hybridized carbons (Fsp3) is 0.222. The highest BCUT2D eigenvalue weighted by molar-refractivity contribution is 9.10. The Balaban J connectivity index is 2.10. The molecule has 2 aromatic rings. The first kappa shape index (κ1) is 18.8. The lowest BCUT2D eigenvalue weighted by Crippen LogP contribution is -2.21. The van der Waals surface area contributed by atoms with E-state index in [9.17, 15) is 4.79 Å². The molecule has 0 bridgehead atoms. The fourth-order valence-electron chi connectivity index (χ4n) is 2.22. The van der Waals surface area contributed by atoms with E-state index in [1.54, 1.807) is 12.1 Å². The Kier molecular flexibility index (Phi) is 6.41. The zero-order valence-electron chi connectivity index (χ0n) is 14.2. The van der Waals surface area contributed by atoms with Gasteiger partial charge in [-0.1, -0.05) is 17.3 Å². The van der Waals surface area contributed by atoms with Crippen LogP contribution in [0.15, 0.2) is 40.0 Å². The normalized spacial score (nSPS) is 10.7. The quantitative estimate of drug-likeness (QED) is 0.433. The van der Waals surface area contributed by atoms with Gasteiger partial charge in [-0.15, -0.1) is 0 Å². The van der Waals surface area contributed by atoms with E-state index < -0.39 is 0 Å². The van der Waals surface area contributed by atoms with Gasteiger partial charge in [0.25, 0.3) is 5.91 Å². The molecule has 0 aliphatic heterocycles. The van der Waals surface area contributed by atoms with Crippen LogP contribution < -0.4 is 14.8 Å². The minimum Gasteiger partial charge on any atom is -0.493 e. The van der Waals surface area contributed by atoms with Crippen molar-refractivity contribution in [3.8, 4) is 11.5 Å². The number of nitrogens with one attached hydrogen (secondary N) is 1. The van der Waals surface area contributed by atoms with E-state index in [-0.39, 0.29) is 12.5 Å². The average Bonchev–Trinajstić information content (AvgIpc) is 2.57. The Morgan fingerprint density at radius 1 is 1.32 bits per heavy atom. The summed E-state index contributed by atoms with van der Waals surface area (Å²) in [7, 11) is 1.49. The highest BCUT2D eigenvalue weighted by atomic mass is 79.9. The monoisotopic (exact) mass is 406 g/mol. The Bertz CT molecular complexity index is 806. The lowest BCUT2D eigenvalue weighted by molar-refractivity contribution is -0.118. The van der Waals surface area contributed by atoms with Crippen LogP contribution in [0.1, 0.15) is 16.7 Å². The number of halogens is 1. The van der Waals surface area contributed by atoms with Crippen molar-refractivity contribution in [1.29, 1.82) is 0 Å². The van der Waals surface area contributed by atoms with Gasteiger partial charge in [0.1, 0.15) is 0 Å². The number of oxime groups is 1. The Labute approximate surface area is 154 Å². The van der Waals surface area contributed by atoms with E-state index in [0.717, 1.165) is 16.8 Å². The summed E-state index contributed by atoms with van der Waals surface area (Å²) in [5, 5.41) is 14.4. The van der Waals surface area contributed by atoms with Crippen molar-refractivity contribution in [1.82, 2.24) is 0 Å². The van der Waals surface area contributed by atoms with E-state index in [4.69, 9.17) is 14.7 Å². The van der Waals surface area contributed by atoms with Crippen LogP contribution in [0.2, 0.25) is 0 Å². The second kappa shape index (κ2) is 8.53. The largest absolute Gasteiger partial charge is 0.493 e. The van der Waals surface area contributed by atoms with Crippen LogP contribution in [0.3, 0.4) is 0 Å². The molecule has 0 radical (unpaired) electrons. The number of aryl methyl sites for hydroxylation is 2. The number of ether oxygens (including phenoxy) is 2. The minimum atomic E-state index is -0.274. The molecule has 1 amide bonds. The van der Waals surface area contributed by atoms with Crippen molar-refractivity contribution in [2.75, 3.05) is 19.0 Å². The molecule has 2 rings (SSSR count). The second-order valence-corrected chi connectivity index (χ2v) is 6.29. The molecule has 0 spiro atoms. The summed E-state index contributed by atoms with van der Waals surface area (Å²) in [4.78, 5) is 12.2. The van der Waals surface area contributed by atoms with Crippen LogP contribution in [0.5, 0.6) is 11.5 Å². The zero-order chi connectivity index (χ0) is 18.4.